The number of carbonyl (C=O) groups excluding carboxylic acids is 1. The molecule has 0 aliphatic carbocycles. The first-order chi connectivity index (χ1) is 10.5. The standard InChI is InChI=1S/C17H27ClN2O3.ClH/c1-16(2,3)20-15(22)10-23-14-7-6-13(18)8-12(14)9-19-17(4,5)11-21;/h6-8,19,21H,9-11H2,1-5H3,(H,20,22);1H. The largest absolute Gasteiger partial charge is 0.483 e. The summed E-state index contributed by atoms with van der Waals surface area (Å²) in [6.45, 7) is 9.97. The molecule has 0 saturated carbocycles. The number of carbonyl (C=O) groups is 1. The fraction of sp³-hybridized carbons (Fsp3) is 0.588. The number of aliphatic hydroxyl groups is 1. The first-order valence-corrected chi connectivity index (χ1v) is 7.98. The summed E-state index contributed by atoms with van der Waals surface area (Å²) < 4.78 is 5.63. The lowest BCUT2D eigenvalue weighted by molar-refractivity contribution is -0.124. The minimum atomic E-state index is -0.413. The molecule has 1 aromatic rings. The molecule has 1 aromatic carbocycles. The van der Waals surface area contributed by atoms with Crippen molar-refractivity contribution in [1.29, 1.82) is 0 Å². The van der Waals surface area contributed by atoms with Gasteiger partial charge in [-0.1, -0.05) is 11.6 Å². The van der Waals surface area contributed by atoms with Gasteiger partial charge in [0.25, 0.3) is 5.91 Å². The van der Waals surface area contributed by atoms with E-state index in [1.807, 2.05) is 34.6 Å². The number of hydrogen-bond acceptors (Lipinski definition) is 4. The Labute approximate surface area is 155 Å². The number of halogens is 2. The van der Waals surface area contributed by atoms with Gasteiger partial charge in [-0.15, -0.1) is 12.4 Å². The van der Waals surface area contributed by atoms with Crippen LogP contribution in [0.3, 0.4) is 0 Å². The highest BCUT2D eigenvalue weighted by atomic mass is 35.5. The normalized spacial score (nSPS) is 11.6. The molecule has 0 aromatic heterocycles. The van der Waals surface area contributed by atoms with E-state index in [2.05, 4.69) is 10.6 Å². The Bertz CT molecular complexity index is 543. The van der Waals surface area contributed by atoms with Crippen molar-refractivity contribution in [3.63, 3.8) is 0 Å². The van der Waals surface area contributed by atoms with Crippen LogP contribution in [-0.2, 0) is 11.3 Å². The highest BCUT2D eigenvalue weighted by Crippen LogP contribution is 2.23. The molecule has 0 aliphatic heterocycles. The van der Waals surface area contributed by atoms with Gasteiger partial charge in [-0.05, 0) is 52.8 Å². The van der Waals surface area contributed by atoms with Gasteiger partial charge >= 0.3 is 0 Å². The molecule has 0 spiro atoms. The lowest BCUT2D eigenvalue weighted by atomic mass is 10.1. The van der Waals surface area contributed by atoms with Crippen LogP contribution < -0.4 is 15.4 Å². The van der Waals surface area contributed by atoms with Gasteiger partial charge in [-0.3, -0.25) is 4.79 Å². The van der Waals surface area contributed by atoms with E-state index >= 15 is 0 Å². The first kappa shape index (κ1) is 23.0. The maximum atomic E-state index is 11.9. The van der Waals surface area contributed by atoms with E-state index in [0.717, 1.165) is 5.56 Å². The summed E-state index contributed by atoms with van der Waals surface area (Å²) in [5.74, 6) is 0.418. The van der Waals surface area contributed by atoms with Crippen molar-refractivity contribution in [1.82, 2.24) is 10.6 Å². The second-order valence-corrected chi connectivity index (χ2v) is 7.67. The van der Waals surface area contributed by atoms with Crippen molar-refractivity contribution < 1.29 is 14.6 Å². The molecule has 0 aliphatic rings. The van der Waals surface area contributed by atoms with Gasteiger partial charge in [0.15, 0.2) is 6.61 Å². The topological polar surface area (TPSA) is 70.6 Å². The van der Waals surface area contributed by atoms with Gasteiger partial charge in [-0.25, -0.2) is 0 Å². The molecule has 0 atom stereocenters. The van der Waals surface area contributed by atoms with Gasteiger partial charge in [0.1, 0.15) is 5.75 Å². The van der Waals surface area contributed by atoms with Crippen molar-refractivity contribution >= 4 is 29.9 Å². The molecule has 1 amide bonds. The van der Waals surface area contributed by atoms with E-state index in [1.165, 1.54) is 0 Å². The Morgan fingerprint density at radius 1 is 1.25 bits per heavy atom. The van der Waals surface area contributed by atoms with Crippen LogP contribution in [0.4, 0.5) is 0 Å². The number of amides is 1. The minimum Gasteiger partial charge on any atom is -0.483 e. The van der Waals surface area contributed by atoms with Crippen LogP contribution in [-0.4, -0.2) is 35.3 Å². The summed E-state index contributed by atoms with van der Waals surface area (Å²) in [6.07, 6.45) is 0. The zero-order valence-electron chi connectivity index (χ0n) is 14.9. The predicted molar refractivity (Wildman–Crippen MR) is 100 cm³/mol. The summed E-state index contributed by atoms with van der Waals surface area (Å²) in [4.78, 5) is 11.9. The summed E-state index contributed by atoms with van der Waals surface area (Å²) in [6, 6.07) is 5.26. The summed E-state index contributed by atoms with van der Waals surface area (Å²) >= 11 is 6.04. The van der Waals surface area contributed by atoms with Gasteiger partial charge < -0.3 is 20.5 Å². The second kappa shape index (κ2) is 9.47. The zero-order valence-corrected chi connectivity index (χ0v) is 16.5. The van der Waals surface area contributed by atoms with E-state index in [9.17, 15) is 9.90 Å². The van der Waals surface area contributed by atoms with E-state index in [-0.39, 0.29) is 37.1 Å². The molecular formula is C17H28Cl2N2O3. The van der Waals surface area contributed by atoms with Crippen molar-refractivity contribution in [2.24, 2.45) is 0 Å². The number of benzene rings is 1. The molecule has 0 saturated heterocycles. The van der Waals surface area contributed by atoms with E-state index in [4.69, 9.17) is 16.3 Å². The minimum absolute atomic E-state index is 0. The smallest absolute Gasteiger partial charge is 0.258 e. The van der Waals surface area contributed by atoms with Crippen LogP contribution in [0.15, 0.2) is 18.2 Å². The van der Waals surface area contributed by atoms with Crippen molar-refractivity contribution in [3.05, 3.63) is 28.8 Å². The predicted octanol–water partition coefficient (Wildman–Crippen LogP) is 2.92. The molecule has 0 fully saturated rings. The van der Waals surface area contributed by atoms with Crippen LogP contribution in [0.25, 0.3) is 0 Å². The van der Waals surface area contributed by atoms with Crippen molar-refractivity contribution in [3.8, 4) is 5.75 Å². The average Bonchev–Trinajstić information content (AvgIpc) is 2.42. The molecule has 0 heterocycles. The van der Waals surface area contributed by atoms with Crippen LogP contribution in [0.1, 0.15) is 40.2 Å². The summed E-state index contributed by atoms with van der Waals surface area (Å²) in [7, 11) is 0. The third-order valence-electron chi connectivity index (χ3n) is 3.05. The van der Waals surface area contributed by atoms with E-state index < -0.39 is 5.54 Å². The number of rotatable bonds is 7. The third kappa shape index (κ3) is 8.73. The fourth-order valence-corrected chi connectivity index (χ4v) is 2.01. The maximum Gasteiger partial charge on any atom is 0.258 e. The third-order valence-corrected chi connectivity index (χ3v) is 3.28. The monoisotopic (exact) mass is 378 g/mol. The number of hydrogen-bond donors (Lipinski definition) is 3. The Hall–Kier alpha value is -1.01. The molecule has 24 heavy (non-hydrogen) atoms. The molecule has 3 N–H and O–H groups in total. The van der Waals surface area contributed by atoms with Gasteiger partial charge in [0.05, 0.1) is 6.61 Å². The molecule has 138 valence electrons. The van der Waals surface area contributed by atoms with E-state index in [1.54, 1.807) is 18.2 Å². The lowest BCUT2D eigenvalue weighted by Gasteiger charge is -2.24. The van der Waals surface area contributed by atoms with Crippen LogP contribution in [0, 0.1) is 0 Å². The molecular weight excluding hydrogens is 351 g/mol. The van der Waals surface area contributed by atoms with Crippen LogP contribution in [0.5, 0.6) is 5.75 Å². The molecule has 1 rings (SSSR count). The molecule has 5 nitrogen and oxygen atoms in total. The number of nitrogens with one attached hydrogen (secondary N) is 2. The van der Waals surface area contributed by atoms with Crippen LogP contribution >= 0.6 is 24.0 Å². The van der Waals surface area contributed by atoms with Gasteiger partial charge in [0.2, 0.25) is 0 Å². The average molecular weight is 379 g/mol. The van der Waals surface area contributed by atoms with Gasteiger partial charge in [0, 0.05) is 28.2 Å². The molecule has 0 radical (unpaired) electrons. The highest BCUT2D eigenvalue weighted by Gasteiger charge is 2.17. The first-order valence-electron chi connectivity index (χ1n) is 7.60. The molecule has 7 heteroatoms. The Balaban J connectivity index is 0.00000529. The Kier molecular flexibility index (Phi) is 9.07. The van der Waals surface area contributed by atoms with E-state index in [0.29, 0.717) is 17.3 Å². The summed E-state index contributed by atoms with van der Waals surface area (Å²) in [5.41, 5.74) is 0.127. The highest BCUT2D eigenvalue weighted by molar-refractivity contribution is 6.30. The second-order valence-electron chi connectivity index (χ2n) is 7.23. The lowest BCUT2D eigenvalue weighted by Crippen LogP contribution is -2.43. The van der Waals surface area contributed by atoms with Gasteiger partial charge in [-0.2, -0.15) is 0 Å². The Morgan fingerprint density at radius 2 is 1.88 bits per heavy atom. The maximum absolute atomic E-state index is 11.9. The number of aliphatic hydroxyl groups excluding tert-OH is 1. The molecule has 0 unspecified atom stereocenters. The quantitative estimate of drug-likeness (QED) is 0.681. The van der Waals surface area contributed by atoms with Crippen molar-refractivity contribution in [2.45, 2.75) is 52.2 Å². The number of ether oxygens (including phenoxy) is 1. The summed E-state index contributed by atoms with van der Waals surface area (Å²) in [5, 5.41) is 16.0. The molecule has 0 bridgehead atoms. The SMILES string of the molecule is CC(C)(C)NC(=O)COc1ccc(Cl)cc1CNC(C)(C)CO.Cl. The zero-order chi connectivity index (χ0) is 17.7. The van der Waals surface area contributed by atoms with Crippen molar-refractivity contribution in [2.75, 3.05) is 13.2 Å². The van der Waals surface area contributed by atoms with Crippen LogP contribution in [0.2, 0.25) is 5.02 Å². The Morgan fingerprint density at radius 3 is 2.42 bits per heavy atom. The fourth-order valence-electron chi connectivity index (χ4n) is 1.82.